The van der Waals surface area contributed by atoms with Crippen molar-refractivity contribution in [1.82, 2.24) is 4.98 Å². The average molecular weight is 309 g/mol. The van der Waals surface area contributed by atoms with Gasteiger partial charge < -0.3 is 9.52 Å². The van der Waals surface area contributed by atoms with Crippen molar-refractivity contribution in [2.24, 2.45) is 5.92 Å². The number of nitrogens with zero attached hydrogens (tertiary/aromatic N) is 1. The molecule has 0 aliphatic rings. The molecule has 0 unspecified atom stereocenters. The summed E-state index contributed by atoms with van der Waals surface area (Å²) in [4.78, 5) is 27.4. The fourth-order valence-electron chi connectivity index (χ4n) is 2.42. The molecule has 116 valence electrons. The standard InChI is InChI=1S/C18H15NO4/c1-11(9-16(20)21)17(22)13-7-8-14-15(10-13)23-18(19-14)12-5-3-2-4-6-12/h2-8,10-11H,9H2,1H3,(H,20,21)/t11-/m0/s1. The summed E-state index contributed by atoms with van der Waals surface area (Å²) in [6, 6.07) is 14.5. The van der Waals surface area contributed by atoms with Crippen LogP contribution >= 0.6 is 0 Å². The summed E-state index contributed by atoms with van der Waals surface area (Å²) in [5.41, 5.74) is 2.46. The van der Waals surface area contributed by atoms with Crippen molar-refractivity contribution in [3.05, 3.63) is 54.1 Å². The van der Waals surface area contributed by atoms with E-state index in [1.54, 1.807) is 25.1 Å². The van der Waals surface area contributed by atoms with Crippen LogP contribution in [0, 0.1) is 5.92 Å². The van der Waals surface area contributed by atoms with Crippen LogP contribution in [0.4, 0.5) is 0 Å². The summed E-state index contributed by atoms with van der Waals surface area (Å²) in [6.45, 7) is 1.61. The Labute approximate surface area is 132 Å². The highest BCUT2D eigenvalue weighted by molar-refractivity contribution is 6.01. The lowest BCUT2D eigenvalue weighted by Crippen LogP contribution is -2.15. The van der Waals surface area contributed by atoms with Gasteiger partial charge >= 0.3 is 5.97 Å². The Bertz CT molecular complexity index is 867. The summed E-state index contributed by atoms with van der Waals surface area (Å²) in [5, 5.41) is 8.80. The number of carboxylic acid groups (broad SMARTS) is 1. The van der Waals surface area contributed by atoms with Crippen molar-refractivity contribution in [3.8, 4) is 11.5 Å². The molecule has 5 heteroatoms. The van der Waals surface area contributed by atoms with Crippen LogP contribution < -0.4 is 0 Å². The van der Waals surface area contributed by atoms with Gasteiger partial charge in [0.2, 0.25) is 5.89 Å². The lowest BCUT2D eigenvalue weighted by Gasteiger charge is -2.07. The van der Waals surface area contributed by atoms with Crippen LogP contribution in [0.3, 0.4) is 0 Å². The fourth-order valence-corrected chi connectivity index (χ4v) is 2.42. The van der Waals surface area contributed by atoms with Crippen molar-refractivity contribution < 1.29 is 19.1 Å². The highest BCUT2D eigenvalue weighted by Gasteiger charge is 2.19. The number of carbonyl (C=O) groups is 2. The van der Waals surface area contributed by atoms with Gasteiger partial charge in [-0.15, -0.1) is 0 Å². The number of hydrogen-bond acceptors (Lipinski definition) is 4. The van der Waals surface area contributed by atoms with E-state index in [1.807, 2.05) is 30.3 Å². The first-order valence-electron chi connectivity index (χ1n) is 7.26. The summed E-state index contributed by atoms with van der Waals surface area (Å²) < 4.78 is 5.73. The number of carbonyl (C=O) groups excluding carboxylic acids is 1. The normalized spacial score (nSPS) is 12.2. The molecule has 0 spiro atoms. The SMILES string of the molecule is C[C@@H](CC(=O)O)C(=O)c1ccc2nc(-c3ccccc3)oc2c1. The van der Waals surface area contributed by atoms with Crippen molar-refractivity contribution in [2.75, 3.05) is 0 Å². The second kappa shape index (κ2) is 6.04. The van der Waals surface area contributed by atoms with Gasteiger partial charge in [-0.3, -0.25) is 9.59 Å². The third-order valence-electron chi connectivity index (χ3n) is 3.62. The minimum Gasteiger partial charge on any atom is -0.481 e. The Morgan fingerprint density at radius 2 is 1.91 bits per heavy atom. The average Bonchev–Trinajstić information content (AvgIpc) is 2.97. The van der Waals surface area contributed by atoms with E-state index in [0.29, 0.717) is 22.6 Å². The molecule has 2 aromatic carbocycles. The molecule has 3 aromatic rings. The Hall–Kier alpha value is -2.95. The van der Waals surface area contributed by atoms with E-state index in [1.165, 1.54) is 0 Å². The number of fused-ring (bicyclic) bond motifs is 1. The predicted molar refractivity (Wildman–Crippen MR) is 85.2 cm³/mol. The lowest BCUT2D eigenvalue weighted by atomic mass is 9.96. The molecule has 0 amide bonds. The third-order valence-corrected chi connectivity index (χ3v) is 3.62. The zero-order valence-corrected chi connectivity index (χ0v) is 12.5. The Balaban J connectivity index is 1.93. The van der Waals surface area contributed by atoms with Gasteiger partial charge in [-0.25, -0.2) is 4.98 Å². The lowest BCUT2D eigenvalue weighted by molar-refractivity contribution is -0.137. The molecule has 3 rings (SSSR count). The molecule has 23 heavy (non-hydrogen) atoms. The smallest absolute Gasteiger partial charge is 0.304 e. The maximum atomic E-state index is 12.3. The molecule has 0 bridgehead atoms. The van der Waals surface area contributed by atoms with Crippen LogP contribution in [0.15, 0.2) is 52.9 Å². The zero-order valence-electron chi connectivity index (χ0n) is 12.5. The maximum absolute atomic E-state index is 12.3. The van der Waals surface area contributed by atoms with Gasteiger partial charge in [0, 0.05) is 17.0 Å². The second-order valence-electron chi connectivity index (χ2n) is 5.43. The van der Waals surface area contributed by atoms with Crippen molar-refractivity contribution >= 4 is 22.9 Å². The van der Waals surface area contributed by atoms with Crippen molar-refractivity contribution in [3.63, 3.8) is 0 Å². The monoisotopic (exact) mass is 309 g/mol. The van der Waals surface area contributed by atoms with Crippen LogP contribution in [-0.4, -0.2) is 21.8 Å². The number of oxazole rings is 1. The topological polar surface area (TPSA) is 80.4 Å². The van der Waals surface area contributed by atoms with E-state index in [-0.39, 0.29) is 12.2 Å². The first-order valence-corrected chi connectivity index (χ1v) is 7.26. The minimum atomic E-state index is -0.988. The molecule has 0 saturated heterocycles. The Kier molecular flexibility index (Phi) is 3.93. The molecule has 0 aliphatic heterocycles. The first kappa shape index (κ1) is 15.0. The number of Topliss-reactive ketones (excluding diaryl/α,β-unsaturated/α-hetero) is 1. The summed E-state index contributed by atoms with van der Waals surface area (Å²) in [5.74, 6) is -1.30. The number of benzene rings is 2. The quantitative estimate of drug-likeness (QED) is 0.725. The van der Waals surface area contributed by atoms with Gasteiger partial charge in [-0.2, -0.15) is 0 Å². The predicted octanol–water partition coefficient (Wildman–Crippen LogP) is 3.79. The molecule has 1 aromatic heterocycles. The van der Waals surface area contributed by atoms with Gasteiger partial charge in [0.15, 0.2) is 11.4 Å². The number of carboxylic acids is 1. The molecule has 0 radical (unpaired) electrons. The number of ketones is 1. The Morgan fingerprint density at radius 3 is 2.61 bits per heavy atom. The number of aromatic nitrogens is 1. The highest BCUT2D eigenvalue weighted by Crippen LogP contribution is 2.25. The zero-order chi connectivity index (χ0) is 16.4. The van der Waals surface area contributed by atoms with Gasteiger partial charge in [0.25, 0.3) is 0 Å². The van der Waals surface area contributed by atoms with E-state index in [0.717, 1.165) is 5.56 Å². The van der Waals surface area contributed by atoms with Crippen molar-refractivity contribution in [2.45, 2.75) is 13.3 Å². The summed E-state index contributed by atoms with van der Waals surface area (Å²) in [6.07, 6.45) is -0.192. The molecule has 1 atom stereocenters. The first-order chi connectivity index (χ1) is 11.0. The largest absolute Gasteiger partial charge is 0.481 e. The fraction of sp³-hybridized carbons (Fsp3) is 0.167. The van der Waals surface area contributed by atoms with Gasteiger partial charge in [0.05, 0.1) is 6.42 Å². The molecule has 1 N–H and O–H groups in total. The van der Waals surface area contributed by atoms with Gasteiger partial charge in [-0.1, -0.05) is 25.1 Å². The van der Waals surface area contributed by atoms with E-state index >= 15 is 0 Å². The summed E-state index contributed by atoms with van der Waals surface area (Å²) in [7, 11) is 0. The number of aliphatic carboxylic acids is 1. The molecular formula is C18H15NO4. The third kappa shape index (κ3) is 3.13. The van der Waals surface area contributed by atoms with Crippen LogP contribution in [0.5, 0.6) is 0 Å². The van der Waals surface area contributed by atoms with Gasteiger partial charge in [-0.05, 0) is 30.3 Å². The van der Waals surface area contributed by atoms with E-state index in [4.69, 9.17) is 9.52 Å². The highest BCUT2D eigenvalue weighted by atomic mass is 16.4. The molecule has 0 saturated carbocycles. The maximum Gasteiger partial charge on any atom is 0.304 e. The minimum absolute atomic E-state index is 0.192. The second-order valence-corrected chi connectivity index (χ2v) is 5.43. The molecule has 0 aliphatic carbocycles. The van der Waals surface area contributed by atoms with Crippen LogP contribution in [-0.2, 0) is 4.79 Å². The van der Waals surface area contributed by atoms with Crippen LogP contribution in [0.2, 0.25) is 0 Å². The number of hydrogen-bond donors (Lipinski definition) is 1. The molecule has 0 fully saturated rings. The van der Waals surface area contributed by atoms with E-state index < -0.39 is 11.9 Å². The molecule has 1 heterocycles. The van der Waals surface area contributed by atoms with E-state index in [9.17, 15) is 9.59 Å². The molecular weight excluding hydrogens is 294 g/mol. The van der Waals surface area contributed by atoms with Crippen LogP contribution in [0.25, 0.3) is 22.6 Å². The number of rotatable bonds is 5. The Morgan fingerprint density at radius 1 is 1.17 bits per heavy atom. The van der Waals surface area contributed by atoms with Crippen molar-refractivity contribution in [1.29, 1.82) is 0 Å². The van der Waals surface area contributed by atoms with Gasteiger partial charge in [0.1, 0.15) is 5.52 Å². The van der Waals surface area contributed by atoms with Crippen LogP contribution in [0.1, 0.15) is 23.7 Å². The molecule has 5 nitrogen and oxygen atoms in total. The summed E-state index contributed by atoms with van der Waals surface area (Å²) >= 11 is 0. The van der Waals surface area contributed by atoms with E-state index in [2.05, 4.69) is 4.98 Å².